The number of nitriles is 2. The maximum atomic E-state index is 12.4. The molecule has 0 N–H and O–H groups in total. The van der Waals surface area contributed by atoms with Crippen molar-refractivity contribution in [2.75, 3.05) is 45.4 Å². The number of esters is 2. The number of nitrogens with zero attached hydrogens (tertiary/aromatic N) is 3. The van der Waals surface area contributed by atoms with Gasteiger partial charge in [0.1, 0.15) is 42.4 Å². The van der Waals surface area contributed by atoms with E-state index in [4.69, 9.17) is 29.5 Å². The third kappa shape index (κ3) is 7.85. The molecule has 0 heterocycles. The fourth-order valence-electron chi connectivity index (χ4n) is 3.68. The average molecular weight is 526 g/mol. The second-order valence-electron chi connectivity index (χ2n) is 8.04. The van der Waals surface area contributed by atoms with Gasteiger partial charge in [0, 0.05) is 11.6 Å². The predicted octanol–water partition coefficient (Wildman–Crippen LogP) is 4.65. The average Bonchev–Trinajstić information content (AvgIpc) is 2.99. The van der Waals surface area contributed by atoms with Crippen molar-refractivity contribution in [3.05, 3.63) is 95.1 Å². The Labute approximate surface area is 227 Å². The molecule has 0 aliphatic carbocycles. The maximum absolute atomic E-state index is 12.4. The van der Waals surface area contributed by atoms with E-state index in [0.29, 0.717) is 33.9 Å². The summed E-state index contributed by atoms with van der Waals surface area (Å²) in [6.45, 7) is 0.580. The first-order valence-electron chi connectivity index (χ1n) is 12.0. The molecule has 0 aromatic heterocycles. The Morgan fingerprint density at radius 3 is 1.69 bits per heavy atom. The summed E-state index contributed by atoms with van der Waals surface area (Å²) in [5.41, 5.74) is 1.82. The summed E-state index contributed by atoms with van der Waals surface area (Å²) in [5.74, 6) is -0.115. The first-order valence-corrected chi connectivity index (χ1v) is 12.0. The SMILES string of the molecule is COc1cc(N(CCOC(=O)c2ccccc2)CCOC(=O)c2ccccc2)c(OC)cc1C=C(C#N)C#N. The van der Waals surface area contributed by atoms with Crippen molar-refractivity contribution < 1.29 is 28.5 Å². The highest BCUT2D eigenvalue weighted by Gasteiger charge is 2.19. The lowest BCUT2D eigenvalue weighted by Crippen LogP contribution is -2.32. The van der Waals surface area contributed by atoms with Crippen molar-refractivity contribution in [3.8, 4) is 23.6 Å². The summed E-state index contributed by atoms with van der Waals surface area (Å²) in [6.07, 6.45) is 1.40. The van der Waals surface area contributed by atoms with E-state index in [1.807, 2.05) is 29.2 Å². The number of carbonyl (C=O) groups excluding carboxylic acids is 2. The van der Waals surface area contributed by atoms with Gasteiger partial charge in [-0.15, -0.1) is 0 Å². The van der Waals surface area contributed by atoms with Crippen LogP contribution in [0.5, 0.6) is 11.5 Å². The van der Waals surface area contributed by atoms with Crippen LogP contribution in [0.1, 0.15) is 26.3 Å². The van der Waals surface area contributed by atoms with E-state index in [-0.39, 0.29) is 31.9 Å². The van der Waals surface area contributed by atoms with Gasteiger partial charge in [-0.3, -0.25) is 0 Å². The van der Waals surface area contributed by atoms with Crippen molar-refractivity contribution >= 4 is 23.7 Å². The molecule has 3 aromatic rings. The van der Waals surface area contributed by atoms with Crippen LogP contribution in [-0.4, -0.2) is 52.5 Å². The predicted molar refractivity (Wildman–Crippen MR) is 144 cm³/mol. The molecule has 3 aromatic carbocycles. The Morgan fingerprint density at radius 2 is 1.26 bits per heavy atom. The molecule has 0 saturated heterocycles. The van der Waals surface area contributed by atoms with Gasteiger partial charge in [-0.2, -0.15) is 10.5 Å². The normalized spacial score (nSPS) is 9.85. The van der Waals surface area contributed by atoms with Gasteiger partial charge >= 0.3 is 11.9 Å². The van der Waals surface area contributed by atoms with E-state index in [1.54, 1.807) is 60.7 Å². The maximum Gasteiger partial charge on any atom is 0.338 e. The van der Waals surface area contributed by atoms with Crippen molar-refractivity contribution in [1.82, 2.24) is 0 Å². The lowest BCUT2D eigenvalue weighted by atomic mass is 10.1. The molecule has 0 radical (unpaired) electrons. The van der Waals surface area contributed by atoms with E-state index in [2.05, 4.69) is 0 Å². The Bertz CT molecular complexity index is 1320. The topological polar surface area (TPSA) is 122 Å². The fraction of sp³-hybridized carbons (Fsp3) is 0.200. The summed E-state index contributed by atoms with van der Waals surface area (Å²) in [4.78, 5) is 26.7. The third-order valence-electron chi connectivity index (χ3n) is 5.62. The molecule has 9 nitrogen and oxygen atoms in total. The zero-order valence-corrected chi connectivity index (χ0v) is 21.6. The second-order valence-corrected chi connectivity index (χ2v) is 8.04. The molecular weight excluding hydrogens is 498 g/mol. The molecule has 3 rings (SSSR count). The quantitative estimate of drug-likeness (QED) is 0.245. The van der Waals surface area contributed by atoms with Gasteiger partial charge < -0.3 is 23.8 Å². The van der Waals surface area contributed by atoms with Crippen molar-refractivity contribution in [1.29, 1.82) is 10.5 Å². The molecule has 198 valence electrons. The van der Waals surface area contributed by atoms with Crippen molar-refractivity contribution in [2.45, 2.75) is 0 Å². The monoisotopic (exact) mass is 525 g/mol. The number of rotatable bonds is 12. The number of carbonyl (C=O) groups is 2. The number of hydrogen-bond acceptors (Lipinski definition) is 9. The Hall–Kier alpha value is -5.28. The highest BCUT2D eigenvalue weighted by Crippen LogP contribution is 2.36. The molecule has 0 aliphatic heterocycles. The molecule has 0 unspecified atom stereocenters. The molecule has 0 spiro atoms. The van der Waals surface area contributed by atoms with E-state index < -0.39 is 11.9 Å². The number of hydrogen-bond donors (Lipinski definition) is 0. The minimum absolute atomic E-state index is 0.0422. The molecule has 0 fully saturated rings. The number of anilines is 1. The summed E-state index contributed by atoms with van der Waals surface area (Å²) in [5, 5.41) is 18.3. The molecule has 9 heteroatoms. The van der Waals surface area contributed by atoms with Crippen LogP contribution >= 0.6 is 0 Å². The Kier molecular flexibility index (Phi) is 10.5. The number of benzene rings is 3. The van der Waals surface area contributed by atoms with Crippen LogP contribution in [0.4, 0.5) is 5.69 Å². The van der Waals surface area contributed by atoms with Gasteiger partial charge in [0.25, 0.3) is 0 Å². The highest BCUT2D eigenvalue weighted by molar-refractivity contribution is 5.89. The summed E-state index contributed by atoms with van der Waals surface area (Å²) in [7, 11) is 2.95. The highest BCUT2D eigenvalue weighted by atomic mass is 16.5. The van der Waals surface area contributed by atoms with Crippen LogP contribution in [0, 0.1) is 22.7 Å². The van der Waals surface area contributed by atoms with Crippen LogP contribution in [0.25, 0.3) is 6.08 Å². The van der Waals surface area contributed by atoms with Gasteiger partial charge in [0.05, 0.1) is 44.1 Å². The van der Waals surface area contributed by atoms with Crippen LogP contribution in [0.15, 0.2) is 78.4 Å². The fourth-order valence-corrected chi connectivity index (χ4v) is 3.68. The molecule has 0 amide bonds. The first kappa shape index (κ1) is 28.3. The van der Waals surface area contributed by atoms with Gasteiger partial charge in [0.2, 0.25) is 0 Å². The molecule has 39 heavy (non-hydrogen) atoms. The smallest absolute Gasteiger partial charge is 0.338 e. The summed E-state index contributed by atoms with van der Waals surface area (Å²) < 4.78 is 22.1. The van der Waals surface area contributed by atoms with Crippen LogP contribution in [0.2, 0.25) is 0 Å². The number of ether oxygens (including phenoxy) is 4. The summed E-state index contributed by atoms with van der Waals surface area (Å²) >= 11 is 0. The van der Waals surface area contributed by atoms with Crippen molar-refractivity contribution in [3.63, 3.8) is 0 Å². The van der Waals surface area contributed by atoms with Gasteiger partial charge in [-0.25, -0.2) is 9.59 Å². The van der Waals surface area contributed by atoms with Gasteiger partial charge in [-0.05, 0) is 36.4 Å². The zero-order valence-electron chi connectivity index (χ0n) is 21.6. The third-order valence-corrected chi connectivity index (χ3v) is 5.62. The lowest BCUT2D eigenvalue weighted by Gasteiger charge is -2.27. The molecule has 0 aliphatic rings. The lowest BCUT2D eigenvalue weighted by molar-refractivity contribution is 0.0504. The van der Waals surface area contributed by atoms with Crippen LogP contribution in [0.3, 0.4) is 0 Å². The van der Waals surface area contributed by atoms with E-state index >= 15 is 0 Å². The van der Waals surface area contributed by atoms with Gasteiger partial charge in [-0.1, -0.05) is 36.4 Å². The van der Waals surface area contributed by atoms with Crippen LogP contribution < -0.4 is 14.4 Å². The molecule has 0 bridgehead atoms. The molecule has 0 saturated carbocycles. The van der Waals surface area contributed by atoms with Crippen molar-refractivity contribution in [2.24, 2.45) is 0 Å². The Balaban J connectivity index is 1.84. The zero-order chi connectivity index (χ0) is 28.0. The number of allylic oxidation sites excluding steroid dienone is 1. The molecular formula is C30H27N3O6. The Morgan fingerprint density at radius 1 is 0.769 bits per heavy atom. The second kappa shape index (κ2) is 14.5. The van der Waals surface area contributed by atoms with E-state index in [0.717, 1.165) is 0 Å². The number of methoxy groups -OCH3 is 2. The standard InChI is InChI=1S/C30H27N3O6/c1-36-27-19-26(28(37-2)18-25(27)17-22(20-31)21-32)33(13-15-38-29(34)23-9-5-3-6-10-23)14-16-39-30(35)24-11-7-4-8-12-24/h3-12,17-19H,13-16H2,1-2H3. The molecule has 0 atom stereocenters. The van der Waals surface area contributed by atoms with Crippen LogP contribution in [-0.2, 0) is 9.47 Å². The minimum atomic E-state index is -0.461. The van der Waals surface area contributed by atoms with Gasteiger partial charge in [0.15, 0.2) is 0 Å². The first-order chi connectivity index (χ1) is 19.0. The minimum Gasteiger partial charge on any atom is -0.496 e. The largest absolute Gasteiger partial charge is 0.496 e. The van der Waals surface area contributed by atoms with E-state index in [9.17, 15) is 9.59 Å². The van der Waals surface area contributed by atoms with E-state index in [1.165, 1.54) is 20.3 Å². The summed E-state index contributed by atoms with van der Waals surface area (Å²) in [6, 6.07) is 24.3.